The van der Waals surface area contributed by atoms with E-state index in [0.29, 0.717) is 24.6 Å². The van der Waals surface area contributed by atoms with E-state index in [-0.39, 0.29) is 23.3 Å². The Bertz CT molecular complexity index is 588. The van der Waals surface area contributed by atoms with Gasteiger partial charge in [-0.3, -0.25) is 4.79 Å². The first-order valence-electron chi connectivity index (χ1n) is 8.36. The molecule has 2 saturated heterocycles. The Labute approximate surface area is 135 Å². The second-order valence-corrected chi connectivity index (χ2v) is 6.26. The third kappa shape index (κ3) is 3.13. The summed E-state index contributed by atoms with van der Waals surface area (Å²) in [5, 5.41) is 9.21. The van der Waals surface area contributed by atoms with Crippen LogP contribution in [0, 0.1) is 5.92 Å². The number of aromatic carboxylic acids is 1. The molecule has 2 aliphatic heterocycles. The topological polar surface area (TPSA) is 80.0 Å². The Morgan fingerprint density at radius 2 is 2.04 bits per heavy atom. The van der Waals surface area contributed by atoms with Crippen molar-refractivity contribution in [2.24, 2.45) is 5.92 Å². The first kappa shape index (κ1) is 16.1. The number of nitrogens with zero attached hydrogens (tertiary/aromatic N) is 1. The third-order valence-electron chi connectivity index (χ3n) is 4.94. The van der Waals surface area contributed by atoms with Crippen LogP contribution in [0.1, 0.15) is 59.3 Å². The van der Waals surface area contributed by atoms with Gasteiger partial charge in [-0.1, -0.05) is 6.92 Å². The molecule has 1 unspecified atom stereocenters. The maximum atomic E-state index is 12.8. The average molecular weight is 321 g/mol. The molecule has 1 aromatic rings. The molecule has 3 rings (SSSR count). The second-order valence-electron chi connectivity index (χ2n) is 6.26. The molecule has 0 bridgehead atoms. The van der Waals surface area contributed by atoms with Crippen molar-refractivity contribution in [3.05, 3.63) is 23.2 Å². The van der Waals surface area contributed by atoms with E-state index < -0.39 is 5.97 Å². The molecule has 0 spiro atoms. The number of rotatable bonds is 4. The molecule has 23 heavy (non-hydrogen) atoms. The number of hydrogen-bond acceptors (Lipinski definition) is 4. The Kier molecular flexibility index (Phi) is 4.71. The predicted octanol–water partition coefficient (Wildman–Crippen LogP) is 2.57. The molecule has 2 fully saturated rings. The van der Waals surface area contributed by atoms with E-state index in [0.717, 1.165) is 38.9 Å². The first-order chi connectivity index (χ1) is 11.1. The molecule has 6 nitrogen and oxygen atoms in total. The summed E-state index contributed by atoms with van der Waals surface area (Å²) in [5.41, 5.74) is 0.0951. The van der Waals surface area contributed by atoms with Crippen LogP contribution in [-0.2, 0) is 11.2 Å². The number of hydrogen-bond donors (Lipinski definition) is 1. The number of carboxylic acids is 1. The van der Waals surface area contributed by atoms with Crippen LogP contribution in [0.2, 0.25) is 0 Å². The number of carbonyl (C=O) groups excluding carboxylic acids is 1. The number of amides is 1. The summed E-state index contributed by atoms with van der Waals surface area (Å²) in [7, 11) is 0. The van der Waals surface area contributed by atoms with Gasteiger partial charge in [-0.05, 0) is 31.6 Å². The van der Waals surface area contributed by atoms with Crippen molar-refractivity contribution in [1.29, 1.82) is 0 Å². The Morgan fingerprint density at radius 1 is 1.30 bits per heavy atom. The van der Waals surface area contributed by atoms with Crippen LogP contribution in [0.3, 0.4) is 0 Å². The summed E-state index contributed by atoms with van der Waals surface area (Å²) < 4.78 is 11.0. The summed E-state index contributed by atoms with van der Waals surface area (Å²) in [5.74, 6) is -0.246. The minimum atomic E-state index is -1.05. The van der Waals surface area contributed by atoms with E-state index >= 15 is 0 Å². The normalized spacial score (nSPS) is 22.5. The molecule has 1 atom stereocenters. The largest absolute Gasteiger partial charge is 0.478 e. The highest BCUT2D eigenvalue weighted by molar-refractivity contribution is 5.96. The quantitative estimate of drug-likeness (QED) is 0.922. The van der Waals surface area contributed by atoms with Gasteiger partial charge in [0, 0.05) is 38.3 Å². The lowest BCUT2D eigenvalue weighted by atomic mass is 9.90. The summed E-state index contributed by atoms with van der Waals surface area (Å²) >= 11 is 0. The van der Waals surface area contributed by atoms with E-state index in [4.69, 9.17) is 9.15 Å². The lowest BCUT2D eigenvalue weighted by Crippen LogP contribution is -2.41. The number of carbonyl (C=O) groups is 2. The molecule has 0 saturated carbocycles. The summed E-state index contributed by atoms with van der Waals surface area (Å²) in [6.07, 6.45) is 4.41. The Morgan fingerprint density at radius 3 is 2.65 bits per heavy atom. The molecule has 1 N–H and O–H groups in total. The minimum Gasteiger partial charge on any atom is -0.478 e. The lowest BCUT2D eigenvalue weighted by Gasteiger charge is -2.33. The highest BCUT2D eigenvalue weighted by Crippen LogP contribution is 2.32. The highest BCUT2D eigenvalue weighted by Gasteiger charge is 2.37. The van der Waals surface area contributed by atoms with E-state index in [1.807, 2.05) is 11.8 Å². The third-order valence-corrected chi connectivity index (χ3v) is 4.94. The standard InChI is InChI=1S/C17H23NO5/c1-2-14-12(17(20)21)10-15(23-14)16(19)18-7-3-4-13(18)11-5-8-22-9-6-11/h10-11,13H,2-9H2,1H3,(H,20,21). The molecule has 6 heteroatoms. The smallest absolute Gasteiger partial charge is 0.339 e. The highest BCUT2D eigenvalue weighted by atomic mass is 16.5. The van der Waals surface area contributed by atoms with E-state index in [1.54, 1.807) is 0 Å². The maximum Gasteiger partial charge on any atom is 0.339 e. The van der Waals surface area contributed by atoms with Crippen molar-refractivity contribution in [2.45, 2.75) is 45.1 Å². The molecule has 0 aliphatic carbocycles. The van der Waals surface area contributed by atoms with Gasteiger partial charge in [-0.2, -0.15) is 0 Å². The summed E-state index contributed by atoms with van der Waals surface area (Å²) in [4.78, 5) is 25.9. The molecule has 1 aromatic heterocycles. The molecular formula is C17H23NO5. The molecule has 126 valence electrons. The van der Waals surface area contributed by atoms with Gasteiger partial charge in [0.2, 0.25) is 0 Å². The predicted molar refractivity (Wildman–Crippen MR) is 82.6 cm³/mol. The monoisotopic (exact) mass is 321 g/mol. The van der Waals surface area contributed by atoms with Crippen molar-refractivity contribution < 1.29 is 23.8 Å². The molecular weight excluding hydrogens is 298 g/mol. The number of furan rings is 1. The zero-order valence-electron chi connectivity index (χ0n) is 13.4. The van der Waals surface area contributed by atoms with Gasteiger partial charge in [0.1, 0.15) is 11.3 Å². The molecule has 2 aliphatic rings. The van der Waals surface area contributed by atoms with Crippen LogP contribution in [0.4, 0.5) is 0 Å². The molecule has 0 radical (unpaired) electrons. The van der Waals surface area contributed by atoms with Crippen LogP contribution in [0.15, 0.2) is 10.5 Å². The van der Waals surface area contributed by atoms with Crippen molar-refractivity contribution in [3.8, 4) is 0 Å². The van der Waals surface area contributed by atoms with E-state index in [2.05, 4.69) is 0 Å². The van der Waals surface area contributed by atoms with E-state index in [1.165, 1.54) is 6.07 Å². The number of aryl methyl sites for hydroxylation is 1. The van der Waals surface area contributed by atoms with Crippen LogP contribution < -0.4 is 0 Å². The average Bonchev–Trinajstić information content (AvgIpc) is 3.22. The van der Waals surface area contributed by atoms with Gasteiger partial charge in [0.05, 0.1) is 0 Å². The van der Waals surface area contributed by atoms with Crippen LogP contribution in [0.25, 0.3) is 0 Å². The fourth-order valence-electron chi connectivity index (χ4n) is 3.75. The second kappa shape index (κ2) is 6.74. The van der Waals surface area contributed by atoms with Crippen LogP contribution in [-0.4, -0.2) is 47.7 Å². The van der Waals surface area contributed by atoms with Gasteiger partial charge < -0.3 is 19.2 Å². The maximum absolute atomic E-state index is 12.8. The number of likely N-dealkylation sites (tertiary alicyclic amines) is 1. The van der Waals surface area contributed by atoms with Crippen molar-refractivity contribution in [2.75, 3.05) is 19.8 Å². The van der Waals surface area contributed by atoms with Gasteiger partial charge in [-0.15, -0.1) is 0 Å². The number of ether oxygens (including phenoxy) is 1. The molecule has 0 aromatic carbocycles. The number of carboxylic acid groups (broad SMARTS) is 1. The zero-order valence-corrected chi connectivity index (χ0v) is 13.4. The van der Waals surface area contributed by atoms with Crippen molar-refractivity contribution in [3.63, 3.8) is 0 Å². The minimum absolute atomic E-state index is 0.0951. The van der Waals surface area contributed by atoms with Gasteiger partial charge in [0.15, 0.2) is 5.76 Å². The van der Waals surface area contributed by atoms with Crippen molar-refractivity contribution >= 4 is 11.9 Å². The molecule has 1 amide bonds. The first-order valence-corrected chi connectivity index (χ1v) is 8.36. The fourth-order valence-corrected chi connectivity index (χ4v) is 3.75. The Hall–Kier alpha value is -1.82. The molecule has 3 heterocycles. The fraction of sp³-hybridized carbons (Fsp3) is 0.647. The van der Waals surface area contributed by atoms with E-state index in [9.17, 15) is 14.7 Å². The van der Waals surface area contributed by atoms with Crippen LogP contribution >= 0.6 is 0 Å². The lowest BCUT2D eigenvalue weighted by molar-refractivity contribution is 0.0310. The van der Waals surface area contributed by atoms with Gasteiger partial charge in [-0.25, -0.2) is 4.79 Å². The van der Waals surface area contributed by atoms with Gasteiger partial charge in [0.25, 0.3) is 5.91 Å². The summed E-state index contributed by atoms with van der Waals surface area (Å²) in [6, 6.07) is 1.60. The Balaban J connectivity index is 1.80. The summed E-state index contributed by atoms with van der Waals surface area (Å²) in [6.45, 7) is 4.05. The van der Waals surface area contributed by atoms with Crippen LogP contribution in [0.5, 0.6) is 0 Å². The zero-order chi connectivity index (χ0) is 16.4. The SMILES string of the molecule is CCc1oc(C(=O)N2CCCC2C2CCOCC2)cc1C(=O)O. The van der Waals surface area contributed by atoms with Crippen molar-refractivity contribution in [1.82, 2.24) is 4.90 Å². The van der Waals surface area contributed by atoms with Gasteiger partial charge >= 0.3 is 5.97 Å².